The maximum atomic E-state index is 12.2. The summed E-state index contributed by atoms with van der Waals surface area (Å²) in [7, 11) is 1.92. The number of carbonyl (C=O) groups is 2. The lowest BCUT2D eigenvalue weighted by atomic mass is 9.91. The first-order chi connectivity index (χ1) is 21.8. The Balaban J connectivity index is 1.33. The van der Waals surface area contributed by atoms with E-state index in [9.17, 15) is 14.7 Å². The number of aromatic nitrogens is 3. The van der Waals surface area contributed by atoms with Crippen molar-refractivity contribution in [1.82, 2.24) is 20.1 Å². The Hall–Kier alpha value is -4.03. The molecule has 4 aromatic rings. The van der Waals surface area contributed by atoms with Crippen LogP contribution in [0.1, 0.15) is 60.8 Å². The van der Waals surface area contributed by atoms with Crippen LogP contribution in [-0.4, -0.2) is 48.7 Å². The summed E-state index contributed by atoms with van der Waals surface area (Å²) >= 11 is 1.60. The zero-order valence-electron chi connectivity index (χ0n) is 25.3. The number of carboxylic acid groups (broad SMARTS) is 1. The molecule has 1 aliphatic rings. The average molecular weight is 631 g/mol. The summed E-state index contributed by atoms with van der Waals surface area (Å²) in [6.45, 7) is 2.47. The van der Waals surface area contributed by atoms with E-state index in [-0.39, 0.29) is 43.5 Å². The molecule has 236 valence electrons. The molecular weight excluding hydrogens is 592 g/mol. The van der Waals surface area contributed by atoms with Crippen LogP contribution in [-0.2, 0) is 39.3 Å². The number of carbonyl (C=O) groups excluding carboxylic acids is 1. The molecule has 45 heavy (non-hydrogen) atoms. The van der Waals surface area contributed by atoms with Crippen LogP contribution in [0.2, 0.25) is 0 Å². The van der Waals surface area contributed by atoms with Gasteiger partial charge in [-0.2, -0.15) is 0 Å². The first kappa shape index (κ1) is 32.4. The van der Waals surface area contributed by atoms with Gasteiger partial charge in [0.05, 0.1) is 18.8 Å². The topological polar surface area (TPSA) is 136 Å². The maximum absolute atomic E-state index is 12.2. The minimum atomic E-state index is -0.903. The third-order valence-corrected chi connectivity index (χ3v) is 9.00. The second-order valence-corrected chi connectivity index (χ2v) is 12.2. The molecule has 0 aliphatic carbocycles. The number of aliphatic hydroxyl groups is 1. The van der Waals surface area contributed by atoms with Gasteiger partial charge in [0, 0.05) is 43.7 Å². The number of aliphatic carboxylic acids is 1. The van der Waals surface area contributed by atoms with Crippen molar-refractivity contribution in [2.75, 3.05) is 5.75 Å². The fourth-order valence-corrected chi connectivity index (χ4v) is 6.34. The van der Waals surface area contributed by atoms with E-state index in [1.54, 1.807) is 18.1 Å². The largest absolute Gasteiger partial charge is 0.481 e. The number of ether oxygens (including phenoxy) is 2. The summed E-state index contributed by atoms with van der Waals surface area (Å²) in [5.74, 6) is -0.360. The molecule has 0 saturated carbocycles. The predicted octanol–water partition coefficient (Wildman–Crippen LogP) is 5.43. The number of rotatable bonds is 13. The minimum absolute atomic E-state index is 0.0167. The Labute approximate surface area is 266 Å². The van der Waals surface area contributed by atoms with Gasteiger partial charge < -0.3 is 29.6 Å². The van der Waals surface area contributed by atoms with Crippen molar-refractivity contribution < 1.29 is 29.3 Å². The smallest absolute Gasteiger partial charge is 0.303 e. The van der Waals surface area contributed by atoms with Crippen LogP contribution in [0.5, 0.6) is 0 Å². The van der Waals surface area contributed by atoms with Gasteiger partial charge in [-0.3, -0.25) is 9.59 Å². The van der Waals surface area contributed by atoms with E-state index in [2.05, 4.69) is 28.5 Å². The van der Waals surface area contributed by atoms with E-state index in [1.807, 2.05) is 78.3 Å². The Morgan fingerprint density at radius 1 is 0.956 bits per heavy atom. The molecule has 1 aromatic heterocycles. The maximum Gasteiger partial charge on any atom is 0.303 e. The average Bonchev–Trinajstić information content (AvgIpc) is 3.47. The van der Waals surface area contributed by atoms with Gasteiger partial charge in [-0.25, -0.2) is 0 Å². The Morgan fingerprint density at radius 3 is 2.42 bits per heavy atom. The molecule has 3 aromatic carbocycles. The molecule has 5 rings (SSSR count). The number of carboxylic acids is 1. The van der Waals surface area contributed by atoms with Gasteiger partial charge in [0.2, 0.25) is 5.91 Å². The monoisotopic (exact) mass is 630 g/mol. The molecule has 0 radical (unpaired) electrons. The number of aliphatic hydroxyl groups excluding tert-OH is 1. The summed E-state index contributed by atoms with van der Waals surface area (Å²) in [6, 6.07) is 23.9. The molecule has 0 bridgehead atoms. The summed E-state index contributed by atoms with van der Waals surface area (Å²) < 4.78 is 15.2. The number of hydrogen-bond acceptors (Lipinski definition) is 8. The Kier molecular flexibility index (Phi) is 11.0. The van der Waals surface area contributed by atoms with Gasteiger partial charge in [-0.05, 0) is 46.4 Å². The number of nitrogens with zero attached hydrogens (tertiary/aromatic N) is 3. The van der Waals surface area contributed by atoms with Gasteiger partial charge in [0.25, 0.3) is 0 Å². The Morgan fingerprint density at radius 2 is 1.71 bits per heavy atom. The number of amides is 1. The van der Waals surface area contributed by atoms with Crippen LogP contribution in [0.4, 0.5) is 0 Å². The molecule has 10 nitrogen and oxygen atoms in total. The van der Waals surface area contributed by atoms with Crippen molar-refractivity contribution >= 4 is 23.6 Å². The number of aryl methyl sites for hydroxylation is 1. The van der Waals surface area contributed by atoms with Crippen molar-refractivity contribution in [3.05, 3.63) is 101 Å². The fourth-order valence-electron chi connectivity index (χ4n) is 5.28. The third kappa shape index (κ3) is 8.58. The standard InChI is InChI=1S/C34H38N4O6S/c1-22-29(20-45-34-37-36-21-38(34)2)43-33(44-32(22)25-14-12-23(19-39)13-15-25)28-9-4-8-27(17-28)26-7-3-6-24(16-26)18-35-30(40)10-5-11-31(41)42/h3-4,6-9,12-17,21-22,29,32-33,39H,5,10-11,18-20H2,1-2H3,(H,35,40)(H,41,42)/t22-,29+,32+,33+/m1/s1. The molecule has 1 saturated heterocycles. The number of nitrogens with one attached hydrogen (secondary N) is 1. The molecule has 0 unspecified atom stereocenters. The summed E-state index contributed by atoms with van der Waals surface area (Å²) in [6.07, 6.45) is 1.17. The van der Waals surface area contributed by atoms with Crippen molar-refractivity contribution in [3.8, 4) is 11.1 Å². The van der Waals surface area contributed by atoms with E-state index in [1.165, 1.54) is 0 Å². The van der Waals surface area contributed by atoms with Crippen LogP contribution in [0.15, 0.2) is 84.3 Å². The summed E-state index contributed by atoms with van der Waals surface area (Å²) in [5.41, 5.74) is 5.68. The molecule has 2 heterocycles. The van der Waals surface area contributed by atoms with Crippen molar-refractivity contribution in [2.45, 2.75) is 63.0 Å². The third-order valence-electron chi connectivity index (χ3n) is 7.87. The lowest BCUT2D eigenvalue weighted by Crippen LogP contribution is -2.38. The highest BCUT2D eigenvalue weighted by Crippen LogP contribution is 2.43. The summed E-state index contributed by atoms with van der Waals surface area (Å²) in [5, 5.41) is 30.2. The van der Waals surface area contributed by atoms with Gasteiger partial charge in [-0.1, -0.05) is 79.3 Å². The van der Waals surface area contributed by atoms with Crippen LogP contribution >= 0.6 is 11.8 Å². The van der Waals surface area contributed by atoms with Crippen molar-refractivity contribution in [2.24, 2.45) is 13.0 Å². The van der Waals surface area contributed by atoms with Crippen molar-refractivity contribution in [3.63, 3.8) is 0 Å². The lowest BCUT2D eigenvalue weighted by molar-refractivity contribution is -0.268. The van der Waals surface area contributed by atoms with E-state index < -0.39 is 12.3 Å². The van der Waals surface area contributed by atoms with Gasteiger partial charge >= 0.3 is 5.97 Å². The normalized spacial score (nSPS) is 19.7. The van der Waals surface area contributed by atoms with Crippen LogP contribution in [0, 0.1) is 5.92 Å². The van der Waals surface area contributed by atoms with Gasteiger partial charge in [0.1, 0.15) is 6.33 Å². The molecule has 0 spiro atoms. The molecule has 3 N–H and O–H groups in total. The highest BCUT2D eigenvalue weighted by Gasteiger charge is 2.38. The van der Waals surface area contributed by atoms with Crippen LogP contribution in [0.3, 0.4) is 0 Å². The number of benzene rings is 3. The van der Waals surface area contributed by atoms with Crippen molar-refractivity contribution in [1.29, 1.82) is 0 Å². The lowest BCUT2D eigenvalue weighted by Gasteiger charge is -2.41. The molecule has 1 aliphatic heterocycles. The highest BCUT2D eigenvalue weighted by molar-refractivity contribution is 7.99. The zero-order valence-corrected chi connectivity index (χ0v) is 26.2. The first-order valence-corrected chi connectivity index (χ1v) is 15.9. The van der Waals surface area contributed by atoms with E-state index in [0.29, 0.717) is 18.7 Å². The quantitative estimate of drug-likeness (QED) is 0.165. The Bertz CT molecular complexity index is 1590. The SMILES string of the molecule is C[C@@H]1[C@H](CSc2nncn2C)O[C@H](c2cccc(-c3cccc(CNC(=O)CCCC(=O)O)c3)c2)O[C@@H]1c1ccc(CO)cc1. The number of thioether (sulfide) groups is 1. The highest BCUT2D eigenvalue weighted by atomic mass is 32.2. The van der Waals surface area contributed by atoms with Crippen LogP contribution in [0.25, 0.3) is 11.1 Å². The van der Waals surface area contributed by atoms with Gasteiger partial charge in [0.15, 0.2) is 11.4 Å². The minimum Gasteiger partial charge on any atom is -0.481 e. The second-order valence-electron chi connectivity index (χ2n) is 11.2. The zero-order chi connectivity index (χ0) is 31.8. The van der Waals surface area contributed by atoms with Crippen LogP contribution < -0.4 is 5.32 Å². The van der Waals surface area contributed by atoms with E-state index in [0.717, 1.165) is 38.5 Å². The molecular formula is C34H38N4O6S. The molecule has 1 amide bonds. The van der Waals surface area contributed by atoms with E-state index >= 15 is 0 Å². The first-order valence-electron chi connectivity index (χ1n) is 15.0. The molecule has 11 heteroatoms. The van der Waals surface area contributed by atoms with E-state index in [4.69, 9.17) is 14.6 Å². The second kappa shape index (κ2) is 15.3. The predicted molar refractivity (Wildman–Crippen MR) is 170 cm³/mol. The fraction of sp³-hybridized carbons (Fsp3) is 0.353. The van der Waals surface area contributed by atoms with Gasteiger partial charge in [-0.15, -0.1) is 10.2 Å². The molecule has 4 atom stereocenters. The molecule has 1 fully saturated rings. The summed E-state index contributed by atoms with van der Waals surface area (Å²) in [4.78, 5) is 22.9. The number of hydrogen-bond donors (Lipinski definition) is 3.